The fraction of sp³-hybridized carbons (Fsp3) is 0.333. The molecule has 1 fully saturated rings. The van der Waals surface area contributed by atoms with Crippen LogP contribution in [0, 0.1) is 0 Å². The topological polar surface area (TPSA) is 9.23 Å². The van der Waals surface area contributed by atoms with Gasteiger partial charge in [-0.15, -0.1) is 0 Å². The molecule has 0 atom stereocenters. The number of hydrogen-bond acceptors (Lipinski definition) is 2. The van der Waals surface area contributed by atoms with Crippen LogP contribution in [-0.4, -0.2) is 17.6 Å². The molecule has 0 radical (unpaired) electrons. The highest BCUT2D eigenvalue weighted by molar-refractivity contribution is 8.00. The third-order valence-corrected chi connectivity index (χ3v) is 3.19. The summed E-state index contributed by atoms with van der Waals surface area (Å²) in [6, 6.07) is 7.52. The van der Waals surface area contributed by atoms with E-state index < -0.39 is 0 Å². The lowest BCUT2D eigenvalue weighted by molar-refractivity contribution is 0.240. The standard InChI is InChI=1S/C9H9ClOS/c10-7-1-3-8(4-2-7)11-9-5-12-6-9/h1-4,9H,5-6H2. The van der Waals surface area contributed by atoms with Gasteiger partial charge in [-0.3, -0.25) is 0 Å². The van der Waals surface area contributed by atoms with E-state index in [2.05, 4.69) is 0 Å². The van der Waals surface area contributed by atoms with E-state index >= 15 is 0 Å². The molecule has 0 amide bonds. The van der Waals surface area contributed by atoms with E-state index in [4.69, 9.17) is 16.3 Å². The summed E-state index contributed by atoms with van der Waals surface area (Å²) < 4.78 is 5.63. The van der Waals surface area contributed by atoms with Gasteiger partial charge in [-0.2, -0.15) is 11.8 Å². The molecule has 3 heteroatoms. The Bertz CT molecular complexity index is 256. The van der Waals surface area contributed by atoms with Crippen molar-refractivity contribution >= 4 is 23.4 Å². The fourth-order valence-corrected chi connectivity index (χ4v) is 1.68. The second-order valence-electron chi connectivity index (χ2n) is 2.73. The van der Waals surface area contributed by atoms with Gasteiger partial charge in [0.1, 0.15) is 11.9 Å². The van der Waals surface area contributed by atoms with Gasteiger partial charge in [0.05, 0.1) is 0 Å². The summed E-state index contributed by atoms with van der Waals surface area (Å²) >= 11 is 7.65. The summed E-state index contributed by atoms with van der Waals surface area (Å²) in [6.07, 6.45) is 0.413. The summed E-state index contributed by atoms with van der Waals surface area (Å²) in [6.45, 7) is 0. The Labute approximate surface area is 81.1 Å². The van der Waals surface area contributed by atoms with Gasteiger partial charge in [0.2, 0.25) is 0 Å². The van der Waals surface area contributed by atoms with Crippen molar-refractivity contribution in [3.8, 4) is 5.75 Å². The molecule has 0 unspecified atom stereocenters. The molecular formula is C9H9ClOS. The summed E-state index contributed by atoms with van der Waals surface area (Å²) in [5.41, 5.74) is 0. The van der Waals surface area contributed by atoms with Crippen LogP contribution in [0.2, 0.25) is 5.02 Å². The summed E-state index contributed by atoms with van der Waals surface area (Å²) in [5.74, 6) is 3.15. The molecule has 0 saturated carbocycles. The highest BCUT2D eigenvalue weighted by Crippen LogP contribution is 2.24. The third kappa shape index (κ3) is 1.87. The van der Waals surface area contributed by atoms with E-state index in [1.165, 1.54) is 0 Å². The Kier molecular flexibility index (Phi) is 2.47. The highest BCUT2D eigenvalue weighted by atomic mass is 35.5. The molecule has 0 aliphatic carbocycles. The van der Waals surface area contributed by atoms with Crippen molar-refractivity contribution in [1.29, 1.82) is 0 Å². The van der Waals surface area contributed by atoms with Gasteiger partial charge in [-0.25, -0.2) is 0 Å². The van der Waals surface area contributed by atoms with Crippen LogP contribution in [0.25, 0.3) is 0 Å². The lowest BCUT2D eigenvalue weighted by Crippen LogP contribution is -2.30. The van der Waals surface area contributed by atoms with E-state index in [0.717, 1.165) is 22.3 Å². The van der Waals surface area contributed by atoms with E-state index in [1.54, 1.807) is 0 Å². The predicted molar refractivity (Wildman–Crippen MR) is 53.2 cm³/mol. The molecule has 1 nitrogen and oxygen atoms in total. The number of thioether (sulfide) groups is 1. The number of benzene rings is 1. The SMILES string of the molecule is Clc1ccc(OC2CSC2)cc1. The minimum atomic E-state index is 0.413. The molecule has 1 saturated heterocycles. The van der Waals surface area contributed by atoms with Crippen molar-refractivity contribution in [3.63, 3.8) is 0 Å². The molecule has 1 aromatic rings. The van der Waals surface area contributed by atoms with Crippen molar-refractivity contribution < 1.29 is 4.74 Å². The second kappa shape index (κ2) is 3.58. The van der Waals surface area contributed by atoms with Crippen LogP contribution < -0.4 is 4.74 Å². The molecule has 0 spiro atoms. The van der Waals surface area contributed by atoms with Crippen LogP contribution in [0.5, 0.6) is 5.75 Å². The smallest absolute Gasteiger partial charge is 0.119 e. The van der Waals surface area contributed by atoms with E-state index in [0.29, 0.717) is 6.10 Å². The Morgan fingerprint density at radius 2 is 1.92 bits per heavy atom. The lowest BCUT2D eigenvalue weighted by atomic mass is 10.3. The number of hydrogen-bond donors (Lipinski definition) is 0. The second-order valence-corrected chi connectivity index (χ2v) is 4.24. The van der Waals surface area contributed by atoms with Crippen molar-refractivity contribution in [2.75, 3.05) is 11.5 Å². The Hall–Kier alpha value is -0.340. The molecule has 64 valence electrons. The number of ether oxygens (including phenoxy) is 1. The van der Waals surface area contributed by atoms with Crippen LogP contribution in [0.1, 0.15) is 0 Å². The molecule has 1 aliphatic rings. The minimum absolute atomic E-state index is 0.413. The van der Waals surface area contributed by atoms with Crippen molar-refractivity contribution in [1.82, 2.24) is 0 Å². The van der Waals surface area contributed by atoms with Gasteiger partial charge in [0, 0.05) is 16.5 Å². The molecule has 0 N–H and O–H groups in total. The van der Waals surface area contributed by atoms with Crippen molar-refractivity contribution in [2.24, 2.45) is 0 Å². The molecular weight excluding hydrogens is 192 g/mol. The summed E-state index contributed by atoms with van der Waals surface area (Å²) in [4.78, 5) is 0. The predicted octanol–water partition coefficient (Wildman–Crippen LogP) is 2.83. The Morgan fingerprint density at radius 3 is 2.42 bits per heavy atom. The molecule has 1 aromatic carbocycles. The first-order valence-corrected chi connectivity index (χ1v) is 5.38. The maximum atomic E-state index is 5.74. The van der Waals surface area contributed by atoms with E-state index in [1.807, 2.05) is 36.0 Å². The first-order valence-electron chi connectivity index (χ1n) is 3.84. The van der Waals surface area contributed by atoms with Crippen LogP contribution >= 0.6 is 23.4 Å². The van der Waals surface area contributed by atoms with Crippen LogP contribution in [0.4, 0.5) is 0 Å². The van der Waals surface area contributed by atoms with Crippen LogP contribution in [0.3, 0.4) is 0 Å². The molecule has 0 bridgehead atoms. The zero-order valence-corrected chi connectivity index (χ0v) is 8.07. The van der Waals surface area contributed by atoms with Crippen LogP contribution in [-0.2, 0) is 0 Å². The van der Waals surface area contributed by atoms with E-state index in [-0.39, 0.29) is 0 Å². The maximum Gasteiger partial charge on any atom is 0.119 e. The summed E-state index contributed by atoms with van der Waals surface area (Å²) in [5, 5.41) is 0.755. The fourth-order valence-electron chi connectivity index (χ4n) is 0.988. The van der Waals surface area contributed by atoms with Gasteiger partial charge in [0.15, 0.2) is 0 Å². The zero-order chi connectivity index (χ0) is 8.39. The van der Waals surface area contributed by atoms with Crippen molar-refractivity contribution in [2.45, 2.75) is 6.10 Å². The average Bonchev–Trinajstić information content (AvgIpc) is 2.00. The molecule has 12 heavy (non-hydrogen) atoms. The monoisotopic (exact) mass is 200 g/mol. The lowest BCUT2D eigenvalue weighted by Gasteiger charge is -2.25. The normalized spacial score (nSPS) is 17.1. The quantitative estimate of drug-likeness (QED) is 0.726. The molecule has 2 rings (SSSR count). The third-order valence-electron chi connectivity index (χ3n) is 1.72. The number of rotatable bonds is 2. The van der Waals surface area contributed by atoms with Gasteiger partial charge >= 0.3 is 0 Å². The molecule has 1 heterocycles. The van der Waals surface area contributed by atoms with Gasteiger partial charge in [-0.05, 0) is 24.3 Å². The first-order chi connectivity index (χ1) is 5.84. The summed E-state index contributed by atoms with van der Waals surface area (Å²) in [7, 11) is 0. The van der Waals surface area contributed by atoms with Gasteiger partial charge in [-0.1, -0.05) is 11.6 Å². The van der Waals surface area contributed by atoms with E-state index in [9.17, 15) is 0 Å². The zero-order valence-electron chi connectivity index (χ0n) is 6.50. The van der Waals surface area contributed by atoms with Crippen LogP contribution in [0.15, 0.2) is 24.3 Å². The van der Waals surface area contributed by atoms with Gasteiger partial charge < -0.3 is 4.74 Å². The number of halogens is 1. The molecule has 1 aliphatic heterocycles. The Morgan fingerprint density at radius 1 is 1.25 bits per heavy atom. The van der Waals surface area contributed by atoms with Gasteiger partial charge in [0.25, 0.3) is 0 Å². The largest absolute Gasteiger partial charge is 0.489 e. The van der Waals surface area contributed by atoms with Crippen molar-refractivity contribution in [3.05, 3.63) is 29.3 Å². The first kappa shape index (κ1) is 8.27. The molecule has 0 aromatic heterocycles. The maximum absolute atomic E-state index is 5.74. The highest BCUT2D eigenvalue weighted by Gasteiger charge is 2.19. The Balaban J connectivity index is 1.98. The minimum Gasteiger partial charge on any atom is -0.489 e. The average molecular weight is 201 g/mol.